The van der Waals surface area contributed by atoms with Gasteiger partial charge >= 0.3 is 0 Å². The normalized spacial score (nSPS) is 11.2. The Labute approximate surface area is 167 Å². The zero-order valence-electron chi connectivity index (χ0n) is 14.6. The molecule has 140 valence electrons. The van der Waals surface area contributed by atoms with Crippen molar-refractivity contribution in [3.8, 4) is 5.75 Å². The number of ether oxygens (including phenoxy) is 1. The Morgan fingerprint density at radius 1 is 1.15 bits per heavy atom. The van der Waals surface area contributed by atoms with E-state index in [1.54, 1.807) is 13.0 Å². The predicted molar refractivity (Wildman–Crippen MR) is 110 cm³/mol. The number of rotatable bonds is 8. The van der Waals surface area contributed by atoms with Gasteiger partial charge in [0.25, 0.3) is 5.91 Å². The molecule has 0 heterocycles. The molecular formula is C18H21IN2O4S. The van der Waals surface area contributed by atoms with Crippen molar-refractivity contribution in [3.63, 3.8) is 0 Å². The maximum Gasteiger partial charge on any atom is 0.262 e. The molecule has 0 saturated carbocycles. The molecular weight excluding hydrogens is 467 g/mol. The van der Waals surface area contributed by atoms with Crippen LogP contribution in [0.15, 0.2) is 47.4 Å². The van der Waals surface area contributed by atoms with Crippen molar-refractivity contribution in [1.82, 2.24) is 4.72 Å². The van der Waals surface area contributed by atoms with Crippen LogP contribution < -0.4 is 14.8 Å². The van der Waals surface area contributed by atoms with Crippen molar-refractivity contribution in [1.29, 1.82) is 0 Å². The second-order valence-corrected chi connectivity index (χ2v) is 8.68. The summed E-state index contributed by atoms with van der Waals surface area (Å²) < 4.78 is 33.4. The largest absolute Gasteiger partial charge is 0.483 e. The van der Waals surface area contributed by atoms with Crippen LogP contribution in [-0.4, -0.2) is 27.5 Å². The number of benzene rings is 2. The summed E-state index contributed by atoms with van der Waals surface area (Å²) in [6.07, 6.45) is 0.717. The lowest BCUT2D eigenvalue weighted by molar-refractivity contribution is -0.118. The smallest absolute Gasteiger partial charge is 0.262 e. The molecule has 26 heavy (non-hydrogen) atoms. The maximum absolute atomic E-state index is 12.1. The molecule has 0 bridgehead atoms. The standard InChI is InChI=1S/C18H21IN2O4S/c1-3-10-20-26(23,24)16-8-9-17(13(2)11-16)25-12-18(22)21-15-6-4-14(19)5-7-15/h4-9,11,20H,3,10,12H2,1-2H3,(H,21,22). The molecule has 0 radical (unpaired) electrons. The quantitative estimate of drug-likeness (QED) is 0.559. The van der Waals surface area contributed by atoms with Gasteiger partial charge in [-0.2, -0.15) is 0 Å². The first-order valence-electron chi connectivity index (χ1n) is 8.10. The summed E-state index contributed by atoms with van der Waals surface area (Å²) in [6.45, 7) is 3.86. The first-order valence-corrected chi connectivity index (χ1v) is 10.7. The second-order valence-electron chi connectivity index (χ2n) is 5.67. The van der Waals surface area contributed by atoms with Gasteiger partial charge in [-0.15, -0.1) is 0 Å². The highest BCUT2D eigenvalue weighted by Crippen LogP contribution is 2.22. The third-order valence-electron chi connectivity index (χ3n) is 3.49. The average Bonchev–Trinajstić information content (AvgIpc) is 2.61. The third-order valence-corrected chi connectivity index (χ3v) is 5.66. The van der Waals surface area contributed by atoms with Gasteiger partial charge in [-0.05, 0) is 84.0 Å². The van der Waals surface area contributed by atoms with Gasteiger partial charge in [0.2, 0.25) is 10.0 Å². The lowest BCUT2D eigenvalue weighted by Crippen LogP contribution is -2.24. The fourth-order valence-electron chi connectivity index (χ4n) is 2.14. The molecule has 0 unspecified atom stereocenters. The molecule has 8 heteroatoms. The summed E-state index contributed by atoms with van der Waals surface area (Å²) in [7, 11) is -3.52. The highest BCUT2D eigenvalue weighted by molar-refractivity contribution is 14.1. The van der Waals surface area contributed by atoms with Crippen molar-refractivity contribution in [3.05, 3.63) is 51.6 Å². The van der Waals surface area contributed by atoms with Gasteiger partial charge in [0.05, 0.1) is 4.90 Å². The average molecular weight is 488 g/mol. The molecule has 2 rings (SSSR count). The number of carbonyl (C=O) groups excluding carboxylic acids is 1. The van der Waals surface area contributed by atoms with Gasteiger partial charge in [-0.3, -0.25) is 4.79 Å². The molecule has 2 N–H and O–H groups in total. The molecule has 2 aromatic carbocycles. The van der Waals surface area contributed by atoms with Gasteiger partial charge in [0.1, 0.15) is 5.75 Å². The maximum atomic E-state index is 12.1. The second kappa shape index (κ2) is 9.33. The summed E-state index contributed by atoms with van der Waals surface area (Å²) in [5, 5.41) is 2.74. The van der Waals surface area contributed by atoms with Crippen LogP contribution in [0.25, 0.3) is 0 Å². The Bertz CT molecular complexity index is 867. The van der Waals surface area contributed by atoms with Crippen molar-refractivity contribution in [2.24, 2.45) is 0 Å². The van der Waals surface area contributed by atoms with E-state index in [2.05, 4.69) is 32.6 Å². The van der Waals surface area contributed by atoms with Crippen LogP contribution in [-0.2, 0) is 14.8 Å². The van der Waals surface area contributed by atoms with E-state index in [0.29, 0.717) is 23.5 Å². The van der Waals surface area contributed by atoms with Crippen LogP contribution in [0.1, 0.15) is 18.9 Å². The first kappa shape index (κ1) is 20.7. The van der Waals surface area contributed by atoms with Gasteiger partial charge in [-0.1, -0.05) is 6.92 Å². The molecule has 0 aliphatic carbocycles. The highest BCUT2D eigenvalue weighted by Gasteiger charge is 2.15. The van der Waals surface area contributed by atoms with E-state index in [0.717, 1.165) is 9.99 Å². The molecule has 6 nitrogen and oxygen atoms in total. The predicted octanol–water partition coefficient (Wildman–Crippen LogP) is 3.31. The van der Waals surface area contributed by atoms with E-state index < -0.39 is 10.0 Å². The van der Waals surface area contributed by atoms with Crippen LogP contribution in [0, 0.1) is 10.5 Å². The molecule has 1 amide bonds. The Morgan fingerprint density at radius 2 is 1.85 bits per heavy atom. The van der Waals surface area contributed by atoms with Crippen molar-refractivity contribution < 1.29 is 17.9 Å². The minimum Gasteiger partial charge on any atom is -0.483 e. The number of hydrogen-bond donors (Lipinski definition) is 2. The summed E-state index contributed by atoms with van der Waals surface area (Å²) >= 11 is 2.19. The van der Waals surface area contributed by atoms with Crippen molar-refractivity contribution >= 4 is 44.2 Å². The molecule has 0 saturated heterocycles. The Kier molecular flexibility index (Phi) is 7.42. The number of carbonyl (C=O) groups is 1. The summed E-state index contributed by atoms with van der Waals surface area (Å²) in [5.41, 5.74) is 1.34. The number of aryl methyl sites for hydroxylation is 1. The zero-order chi connectivity index (χ0) is 19.2. The topological polar surface area (TPSA) is 84.5 Å². The lowest BCUT2D eigenvalue weighted by Gasteiger charge is -2.12. The fourth-order valence-corrected chi connectivity index (χ4v) is 3.72. The van der Waals surface area contributed by atoms with Gasteiger partial charge < -0.3 is 10.1 Å². The van der Waals surface area contributed by atoms with E-state index in [4.69, 9.17) is 4.74 Å². The molecule has 0 aliphatic heterocycles. The minimum absolute atomic E-state index is 0.160. The van der Waals surface area contributed by atoms with Crippen LogP contribution in [0.3, 0.4) is 0 Å². The van der Waals surface area contributed by atoms with Crippen molar-refractivity contribution in [2.45, 2.75) is 25.2 Å². The molecule has 0 spiro atoms. The zero-order valence-corrected chi connectivity index (χ0v) is 17.6. The minimum atomic E-state index is -3.52. The summed E-state index contributed by atoms with van der Waals surface area (Å²) in [6, 6.07) is 12.0. The van der Waals surface area contributed by atoms with Gasteiger partial charge in [0, 0.05) is 15.8 Å². The van der Waals surface area contributed by atoms with E-state index in [9.17, 15) is 13.2 Å². The number of anilines is 1. The van der Waals surface area contributed by atoms with E-state index in [-0.39, 0.29) is 17.4 Å². The van der Waals surface area contributed by atoms with E-state index in [1.807, 2.05) is 31.2 Å². The fraction of sp³-hybridized carbons (Fsp3) is 0.278. The Hall–Kier alpha value is -1.65. The molecule has 2 aromatic rings. The SMILES string of the molecule is CCCNS(=O)(=O)c1ccc(OCC(=O)Nc2ccc(I)cc2)c(C)c1. The Morgan fingerprint density at radius 3 is 2.46 bits per heavy atom. The molecule has 0 fully saturated rings. The number of nitrogens with one attached hydrogen (secondary N) is 2. The van der Waals surface area contributed by atoms with Crippen LogP contribution in [0.5, 0.6) is 5.75 Å². The third kappa shape index (κ3) is 5.96. The lowest BCUT2D eigenvalue weighted by atomic mass is 10.2. The van der Waals surface area contributed by atoms with Crippen molar-refractivity contribution in [2.75, 3.05) is 18.5 Å². The molecule has 0 aliphatic rings. The number of halogens is 1. The monoisotopic (exact) mass is 488 g/mol. The van der Waals surface area contributed by atoms with Crippen LogP contribution in [0.2, 0.25) is 0 Å². The summed E-state index contributed by atoms with van der Waals surface area (Å²) in [5.74, 6) is 0.184. The molecule has 0 atom stereocenters. The Balaban J connectivity index is 1.97. The van der Waals surface area contributed by atoms with Gasteiger partial charge in [0.15, 0.2) is 6.61 Å². The first-order chi connectivity index (χ1) is 12.3. The number of amides is 1. The van der Waals surface area contributed by atoms with E-state index in [1.165, 1.54) is 12.1 Å². The molecule has 0 aromatic heterocycles. The summed E-state index contributed by atoms with van der Waals surface area (Å²) in [4.78, 5) is 12.2. The van der Waals surface area contributed by atoms with E-state index >= 15 is 0 Å². The number of sulfonamides is 1. The van der Waals surface area contributed by atoms with Crippen LogP contribution >= 0.6 is 22.6 Å². The highest BCUT2D eigenvalue weighted by atomic mass is 127. The number of hydrogen-bond acceptors (Lipinski definition) is 4. The van der Waals surface area contributed by atoms with Gasteiger partial charge in [-0.25, -0.2) is 13.1 Å². The van der Waals surface area contributed by atoms with Crippen LogP contribution in [0.4, 0.5) is 5.69 Å².